The Balaban J connectivity index is 1.91. The van der Waals surface area contributed by atoms with Crippen molar-refractivity contribution < 1.29 is 28.5 Å². The van der Waals surface area contributed by atoms with E-state index in [1.807, 2.05) is 26.0 Å². The lowest BCUT2D eigenvalue weighted by atomic mass is 10.2. The zero-order valence-electron chi connectivity index (χ0n) is 17.0. The van der Waals surface area contributed by atoms with Crippen LogP contribution in [0.5, 0.6) is 11.5 Å². The summed E-state index contributed by atoms with van der Waals surface area (Å²) in [4.78, 5) is 24.4. The molecule has 0 aliphatic carbocycles. The van der Waals surface area contributed by atoms with Gasteiger partial charge in [0.25, 0.3) is 5.91 Å². The van der Waals surface area contributed by atoms with Crippen LogP contribution in [-0.2, 0) is 14.3 Å². The molecule has 0 saturated heterocycles. The van der Waals surface area contributed by atoms with Crippen LogP contribution < -0.4 is 14.8 Å². The molecule has 2 rings (SSSR count). The second-order valence-corrected chi connectivity index (χ2v) is 6.03. The van der Waals surface area contributed by atoms with Crippen LogP contribution in [0.3, 0.4) is 0 Å². The smallest absolute Gasteiger partial charge is 0.347 e. The number of anilines is 1. The number of esters is 1. The van der Waals surface area contributed by atoms with Crippen molar-refractivity contribution in [3.8, 4) is 11.5 Å². The number of para-hydroxylation sites is 2. The van der Waals surface area contributed by atoms with Gasteiger partial charge in [-0.1, -0.05) is 12.1 Å². The zero-order chi connectivity index (χ0) is 21.1. The minimum absolute atomic E-state index is 0.183. The Bertz CT molecular complexity index is 790. The highest BCUT2D eigenvalue weighted by Crippen LogP contribution is 2.24. The molecule has 156 valence electrons. The Labute approximate surface area is 170 Å². The average molecular weight is 401 g/mol. The molecule has 1 amide bonds. The van der Waals surface area contributed by atoms with Gasteiger partial charge in [0.2, 0.25) is 0 Å². The van der Waals surface area contributed by atoms with E-state index in [1.165, 1.54) is 0 Å². The van der Waals surface area contributed by atoms with Crippen LogP contribution in [0.2, 0.25) is 0 Å². The van der Waals surface area contributed by atoms with E-state index in [2.05, 4.69) is 5.32 Å². The van der Waals surface area contributed by atoms with E-state index in [9.17, 15) is 9.59 Å². The maximum atomic E-state index is 12.5. The molecule has 1 atom stereocenters. The van der Waals surface area contributed by atoms with E-state index in [0.29, 0.717) is 42.6 Å². The minimum Gasteiger partial charge on any atom is -0.492 e. The predicted molar refractivity (Wildman–Crippen MR) is 110 cm³/mol. The van der Waals surface area contributed by atoms with E-state index in [0.717, 1.165) is 0 Å². The fraction of sp³-hybridized carbons (Fsp3) is 0.364. The molecule has 0 saturated carbocycles. The van der Waals surface area contributed by atoms with Crippen molar-refractivity contribution in [3.05, 3.63) is 54.1 Å². The number of hydrogen-bond acceptors (Lipinski definition) is 6. The van der Waals surface area contributed by atoms with Crippen LogP contribution in [0.4, 0.5) is 5.69 Å². The number of carbonyl (C=O) groups excluding carboxylic acids is 2. The summed E-state index contributed by atoms with van der Waals surface area (Å²) in [6, 6.07) is 13.8. The van der Waals surface area contributed by atoms with Gasteiger partial charge in [-0.3, -0.25) is 4.79 Å². The number of rotatable bonds is 11. The van der Waals surface area contributed by atoms with Crippen molar-refractivity contribution in [3.63, 3.8) is 0 Å². The summed E-state index contributed by atoms with van der Waals surface area (Å²) in [6.07, 6.45) is -0.769. The fourth-order valence-electron chi connectivity index (χ4n) is 2.45. The van der Waals surface area contributed by atoms with Gasteiger partial charge in [-0.15, -0.1) is 0 Å². The number of amides is 1. The van der Waals surface area contributed by atoms with Gasteiger partial charge >= 0.3 is 5.97 Å². The summed E-state index contributed by atoms with van der Waals surface area (Å²) < 4.78 is 21.3. The first kappa shape index (κ1) is 22.2. The van der Waals surface area contributed by atoms with Crippen LogP contribution in [0.1, 0.15) is 31.1 Å². The van der Waals surface area contributed by atoms with Crippen LogP contribution in [0.25, 0.3) is 0 Å². The molecule has 0 bridgehead atoms. The summed E-state index contributed by atoms with van der Waals surface area (Å²) in [7, 11) is 0. The first-order valence-electron chi connectivity index (χ1n) is 9.59. The minimum atomic E-state index is -0.769. The highest BCUT2D eigenvalue weighted by Gasteiger charge is 2.17. The molecule has 0 fully saturated rings. The predicted octanol–water partition coefficient (Wildman–Crippen LogP) is 3.68. The highest BCUT2D eigenvalue weighted by molar-refractivity contribution is 6.05. The average Bonchev–Trinajstić information content (AvgIpc) is 2.73. The monoisotopic (exact) mass is 401 g/mol. The number of carbonyl (C=O) groups is 2. The molecule has 2 aromatic rings. The summed E-state index contributed by atoms with van der Waals surface area (Å²) in [5.74, 6) is 0.330. The van der Waals surface area contributed by atoms with Gasteiger partial charge in [0, 0.05) is 12.2 Å². The second-order valence-electron chi connectivity index (χ2n) is 6.03. The van der Waals surface area contributed by atoms with Crippen LogP contribution in [-0.4, -0.2) is 44.4 Å². The van der Waals surface area contributed by atoms with E-state index in [1.54, 1.807) is 43.3 Å². The van der Waals surface area contributed by atoms with Crippen molar-refractivity contribution >= 4 is 17.6 Å². The molecular formula is C22H27NO6. The third-order valence-electron chi connectivity index (χ3n) is 3.87. The van der Waals surface area contributed by atoms with Gasteiger partial charge in [0.1, 0.15) is 18.1 Å². The Morgan fingerprint density at radius 2 is 1.69 bits per heavy atom. The molecular weight excluding hydrogens is 374 g/mol. The van der Waals surface area contributed by atoms with E-state index in [-0.39, 0.29) is 12.5 Å². The van der Waals surface area contributed by atoms with Crippen molar-refractivity contribution in [1.29, 1.82) is 0 Å². The lowest BCUT2D eigenvalue weighted by Gasteiger charge is -2.14. The molecule has 7 nitrogen and oxygen atoms in total. The molecule has 0 aromatic heterocycles. The lowest BCUT2D eigenvalue weighted by Crippen LogP contribution is -2.27. The maximum absolute atomic E-state index is 12.5. The van der Waals surface area contributed by atoms with E-state index < -0.39 is 12.1 Å². The SMILES string of the molecule is CCOCCOC(=O)[C@@H](C)Oc1ccc(C(=O)Nc2ccccc2OCC)cc1. The van der Waals surface area contributed by atoms with Gasteiger partial charge < -0.3 is 24.3 Å². The Hall–Kier alpha value is -3.06. The van der Waals surface area contributed by atoms with Gasteiger partial charge in [0.15, 0.2) is 6.10 Å². The van der Waals surface area contributed by atoms with Gasteiger partial charge in [0.05, 0.1) is 18.9 Å². The van der Waals surface area contributed by atoms with Gasteiger partial charge in [-0.25, -0.2) is 4.79 Å². The van der Waals surface area contributed by atoms with Crippen LogP contribution in [0.15, 0.2) is 48.5 Å². The first-order chi connectivity index (χ1) is 14.0. The molecule has 0 aliphatic rings. The molecule has 0 radical (unpaired) electrons. The van der Waals surface area contributed by atoms with Crippen molar-refractivity contribution in [1.82, 2.24) is 0 Å². The quantitative estimate of drug-likeness (QED) is 0.457. The normalized spacial score (nSPS) is 11.4. The third kappa shape index (κ3) is 7.12. The summed E-state index contributed by atoms with van der Waals surface area (Å²) in [5.41, 5.74) is 1.05. The van der Waals surface area contributed by atoms with Crippen molar-refractivity contribution in [2.24, 2.45) is 0 Å². The number of nitrogens with one attached hydrogen (secondary N) is 1. The number of ether oxygens (including phenoxy) is 4. The van der Waals surface area contributed by atoms with E-state index in [4.69, 9.17) is 18.9 Å². The molecule has 1 N–H and O–H groups in total. The molecule has 0 unspecified atom stereocenters. The topological polar surface area (TPSA) is 83.1 Å². The largest absolute Gasteiger partial charge is 0.492 e. The fourth-order valence-corrected chi connectivity index (χ4v) is 2.45. The van der Waals surface area contributed by atoms with Gasteiger partial charge in [-0.05, 0) is 57.2 Å². The van der Waals surface area contributed by atoms with Crippen LogP contribution in [0, 0.1) is 0 Å². The highest BCUT2D eigenvalue weighted by atomic mass is 16.6. The van der Waals surface area contributed by atoms with Gasteiger partial charge in [-0.2, -0.15) is 0 Å². The summed E-state index contributed by atoms with van der Waals surface area (Å²) >= 11 is 0. The lowest BCUT2D eigenvalue weighted by molar-refractivity contribution is -0.152. The van der Waals surface area contributed by atoms with Crippen LogP contribution >= 0.6 is 0 Å². The molecule has 29 heavy (non-hydrogen) atoms. The number of benzene rings is 2. The molecule has 0 heterocycles. The van der Waals surface area contributed by atoms with Crippen molar-refractivity contribution in [2.45, 2.75) is 26.9 Å². The number of hydrogen-bond donors (Lipinski definition) is 1. The Morgan fingerprint density at radius 3 is 2.38 bits per heavy atom. The molecule has 0 aliphatic heterocycles. The standard InChI is InChI=1S/C22H27NO6/c1-4-26-14-15-28-22(25)16(3)29-18-12-10-17(11-13-18)21(24)23-19-8-6-7-9-20(19)27-5-2/h6-13,16H,4-5,14-15H2,1-3H3,(H,23,24)/t16-/m1/s1. The maximum Gasteiger partial charge on any atom is 0.347 e. The molecule has 0 spiro atoms. The first-order valence-corrected chi connectivity index (χ1v) is 9.59. The summed E-state index contributed by atoms with van der Waals surface area (Å²) in [5, 5.41) is 2.83. The summed E-state index contributed by atoms with van der Waals surface area (Å²) in [6.45, 7) is 6.97. The molecule has 2 aromatic carbocycles. The third-order valence-corrected chi connectivity index (χ3v) is 3.87. The second kappa shape index (κ2) is 11.7. The van der Waals surface area contributed by atoms with Crippen molar-refractivity contribution in [2.75, 3.05) is 31.7 Å². The Morgan fingerprint density at radius 1 is 0.966 bits per heavy atom. The van der Waals surface area contributed by atoms with E-state index >= 15 is 0 Å². The Kier molecular flexibility index (Phi) is 8.98. The molecule has 7 heteroatoms. The zero-order valence-corrected chi connectivity index (χ0v) is 17.0.